The molecule has 18 heavy (non-hydrogen) atoms. The second-order valence-corrected chi connectivity index (χ2v) is 3.43. The number of aliphatic carboxylic acids is 1. The number of benzene rings is 1. The van der Waals surface area contributed by atoms with E-state index in [4.69, 9.17) is 4.74 Å². The number of carboxylic acid groups (broad SMARTS) is 1. The zero-order valence-corrected chi connectivity index (χ0v) is 13.9. The molecule has 1 aromatic rings. The number of allylic oxidation sites excluding steroid dienone is 1. The van der Waals surface area contributed by atoms with E-state index in [1.807, 2.05) is 30.3 Å². The average Bonchev–Trinajstić information content (AvgIpc) is 2.35. The van der Waals surface area contributed by atoms with Crippen molar-refractivity contribution in [3.05, 3.63) is 35.9 Å². The van der Waals surface area contributed by atoms with Crippen LogP contribution < -0.4 is 61.2 Å². The predicted molar refractivity (Wildman–Crippen MR) is 65.0 cm³/mol. The van der Waals surface area contributed by atoms with E-state index >= 15 is 0 Å². The van der Waals surface area contributed by atoms with Crippen molar-refractivity contribution >= 4 is 18.3 Å². The molecule has 0 aliphatic rings. The molecule has 0 N–H and O–H groups in total. The molecule has 0 aliphatic carbocycles. The minimum absolute atomic E-state index is 0. The summed E-state index contributed by atoms with van der Waals surface area (Å²) in [5.41, 5.74) is 0.985. The third-order valence-electron chi connectivity index (χ3n) is 2.14. The van der Waals surface area contributed by atoms with Crippen molar-refractivity contribution in [1.29, 1.82) is 0 Å². The van der Waals surface area contributed by atoms with Crippen LogP contribution in [-0.2, 0) is 4.79 Å². The molecule has 0 amide bonds. The zero-order valence-electron chi connectivity index (χ0n) is 10.8. The summed E-state index contributed by atoms with van der Waals surface area (Å²) >= 11 is 0. The van der Waals surface area contributed by atoms with Crippen LogP contribution >= 0.6 is 0 Å². The molecule has 0 bridgehead atoms. The molecule has 90 valence electrons. The molecule has 1 rings (SSSR count). The van der Waals surface area contributed by atoms with Crippen molar-refractivity contribution in [2.45, 2.75) is 13.0 Å². The van der Waals surface area contributed by atoms with E-state index in [1.165, 1.54) is 13.1 Å². The van der Waals surface area contributed by atoms with Crippen molar-refractivity contribution in [2.75, 3.05) is 7.11 Å². The number of rotatable bonds is 5. The minimum atomic E-state index is -1.18. The molecular weight excluding hydrogens is 257 g/mol. The van der Waals surface area contributed by atoms with Crippen molar-refractivity contribution in [3.8, 4) is 5.75 Å². The number of nitrogens with zero attached hydrogens (tertiary/aromatic N) is 1. The van der Waals surface area contributed by atoms with E-state index in [-0.39, 0.29) is 51.4 Å². The maximum Gasteiger partial charge on any atom is 1.00 e. The van der Waals surface area contributed by atoms with Crippen LogP contribution in [0.2, 0.25) is 0 Å². The number of hydrogen-bond donors (Lipinski definition) is 0. The van der Waals surface area contributed by atoms with Gasteiger partial charge in [0.15, 0.2) is 0 Å². The van der Waals surface area contributed by atoms with Gasteiger partial charge in [0, 0.05) is 6.21 Å². The summed E-state index contributed by atoms with van der Waals surface area (Å²) in [6.07, 6.45) is 4.96. The molecule has 1 unspecified atom stereocenters. The molecule has 1 aromatic carbocycles. The van der Waals surface area contributed by atoms with Crippen LogP contribution in [0.25, 0.3) is 6.08 Å². The van der Waals surface area contributed by atoms with E-state index in [2.05, 4.69) is 4.99 Å². The quantitative estimate of drug-likeness (QED) is 0.456. The van der Waals surface area contributed by atoms with Crippen LogP contribution in [0.4, 0.5) is 0 Å². The monoisotopic (exact) mass is 271 g/mol. The van der Waals surface area contributed by atoms with Gasteiger partial charge in [0.25, 0.3) is 0 Å². The molecule has 0 radical (unpaired) electrons. The van der Waals surface area contributed by atoms with Gasteiger partial charge in [-0.25, -0.2) is 0 Å². The smallest absolute Gasteiger partial charge is 0.548 e. The Morgan fingerprint density at radius 3 is 2.50 bits per heavy atom. The molecule has 0 aliphatic heterocycles. The average molecular weight is 271 g/mol. The molecule has 4 nitrogen and oxygen atoms in total. The Balaban J connectivity index is 0.00000289. The van der Waals surface area contributed by atoms with Crippen molar-refractivity contribution in [2.24, 2.45) is 4.99 Å². The molecule has 0 fully saturated rings. The van der Waals surface area contributed by atoms with E-state index in [1.54, 1.807) is 13.2 Å². The molecule has 1 atom stereocenters. The Hall–Kier alpha value is -0.464. The van der Waals surface area contributed by atoms with Crippen molar-refractivity contribution < 1.29 is 66.0 Å². The number of carboxylic acids is 1. The van der Waals surface area contributed by atoms with E-state index in [0.717, 1.165) is 11.3 Å². The SMILES string of the molecule is COc1ccc(/C=C/C=NC(C)C(=O)[O-])cc1.[K+]. The third kappa shape index (κ3) is 6.46. The first-order valence-corrected chi connectivity index (χ1v) is 5.18. The number of aliphatic imine (C=N–C) groups is 1. The van der Waals surface area contributed by atoms with E-state index in [9.17, 15) is 9.90 Å². The molecule has 0 saturated heterocycles. The number of carbonyl (C=O) groups is 1. The van der Waals surface area contributed by atoms with Crippen LogP contribution in [0.5, 0.6) is 5.75 Å². The summed E-state index contributed by atoms with van der Waals surface area (Å²) in [7, 11) is 1.61. The second-order valence-electron chi connectivity index (χ2n) is 3.43. The fourth-order valence-corrected chi connectivity index (χ4v) is 1.11. The standard InChI is InChI=1S/C13H15NO3.K/c1-10(13(15)16)14-9-3-4-11-5-7-12(17-2)8-6-11;/h3-10H,1-2H3,(H,15,16);/q;+1/p-1/b4-3+,14-9?;. The van der Waals surface area contributed by atoms with Gasteiger partial charge in [0.2, 0.25) is 0 Å². The van der Waals surface area contributed by atoms with Crippen LogP contribution in [0.3, 0.4) is 0 Å². The Bertz CT molecular complexity index is 426. The number of ether oxygens (including phenoxy) is 1. The predicted octanol–water partition coefficient (Wildman–Crippen LogP) is -2.08. The first-order valence-electron chi connectivity index (χ1n) is 5.18. The van der Waals surface area contributed by atoms with Crippen LogP contribution in [-0.4, -0.2) is 25.3 Å². The molecule has 0 saturated carbocycles. The Morgan fingerprint density at radius 1 is 1.39 bits per heavy atom. The van der Waals surface area contributed by atoms with Crippen molar-refractivity contribution in [3.63, 3.8) is 0 Å². The van der Waals surface area contributed by atoms with Gasteiger partial charge in [0.05, 0.1) is 19.1 Å². The summed E-state index contributed by atoms with van der Waals surface area (Å²) < 4.78 is 5.03. The largest absolute Gasteiger partial charge is 1.00 e. The fraction of sp³-hybridized carbons (Fsp3) is 0.231. The Labute approximate surface area is 149 Å². The molecule has 0 heterocycles. The van der Waals surface area contributed by atoms with E-state index < -0.39 is 12.0 Å². The van der Waals surface area contributed by atoms with E-state index in [0.29, 0.717) is 0 Å². The summed E-state index contributed by atoms with van der Waals surface area (Å²) in [5, 5.41) is 10.4. The topological polar surface area (TPSA) is 61.7 Å². The normalized spacial score (nSPS) is 12.3. The van der Waals surface area contributed by atoms with Gasteiger partial charge in [-0.05, 0) is 30.7 Å². The number of methoxy groups -OCH3 is 1. The fourth-order valence-electron chi connectivity index (χ4n) is 1.11. The van der Waals surface area contributed by atoms with Gasteiger partial charge in [-0.1, -0.05) is 18.2 Å². The van der Waals surface area contributed by atoms with Crippen LogP contribution in [0.1, 0.15) is 12.5 Å². The van der Waals surface area contributed by atoms with Gasteiger partial charge in [-0.3, -0.25) is 4.99 Å². The first kappa shape index (κ1) is 17.5. The third-order valence-corrected chi connectivity index (χ3v) is 2.14. The molecule has 0 aromatic heterocycles. The molecule has 5 heteroatoms. The first-order chi connectivity index (χ1) is 8.13. The van der Waals surface area contributed by atoms with Crippen LogP contribution in [0.15, 0.2) is 35.3 Å². The summed E-state index contributed by atoms with van der Waals surface area (Å²) in [4.78, 5) is 14.1. The number of hydrogen-bond acceptors (Lipinski definition) is 4. The maximum absolute atomic E-state index is 10.4. The van der Waals surface area contributed by atoms with Gasteiger partial charge in [-0.15, -0.1) is 0 Å². The zero-order chi connectivity index (χ0) is 12.7. The molecule has 0 spiro atoms. The van der Waals surface area contributed by atoms with Crippen molar-refractivity contribution in [1.82, 2.24) is 0 Å². The molecular formula is C13H14KNO3. The summed E-state index contributed by atoms with van der Waals surface area (Å²) in [6.45, 7) is 1.47. The number of carbonyl (C=O) groups excluding carboxylic acids is 1. The van der Waals surface area contributed by atoms with Gasteiger partial charge in [0.1, 0.15) is 5.75 Å². The Morgan fingerprint density at radius 2 is 2.00 bits per heavy atom. The Kier molecular flexibility index (Phi) is 9.22. The second kappa shape index (κ2) is 9.46. The summed E-state index contributed by atoms with van der Waals surface area (Å²) in [6, 6.07) is 6.66. The van der Waals surface area contributed by atoms with Gasteiger partial charge < -0.3 is 14.6 Å². The van der Waals surface area contributed by atoms with Crippen LogP contribution in [0, 0.1) is 0 Å². The van der Waals surface area contributed by atoms with Gasteiger partial charge >= 0.3 is 51.4 Å². The maximum atomic E-state index is 10.4. The summed E-state index contributed by atoms with van der Waals surface area (Å²) in [5.74, 6) is -0.388. The van der Waals surface area contributed by atoms with Gasteiger partial charge in [-0.2, -0.15) is 0 Å². The minimum Gasteiger partial charge on any atom is -0.548 e.